The van der Waals surface area contributed by atoms with E-state index in [-0.39, 0.29) is 0 Å². The van der Waals surface area contributed by atoms with Crippen LogP contribution < -0.4 is 15.0 Å². The Morgan fingerprint density at radius 2 is 1.33 bits per heavy atom. The van der Waals surface area contributed by atoms with Crippen molar-refractivity contribution >= 4 is 5.69 Å². The number of anilines is 1. The Morgan fingerprint density at radius 1 is 0.792 bits per heavy atom. The van der Waals surface area contributed by atoms with Gasteiger partial charge in [-0.15, -0.1) is 0 Å². The number of hydrogen-bond donors (Lipinski definition) is 1. The maximum atomic E-state index is 5.19. The van der Waals surface area contributed by atoms with E-state index in [1.165, 1.54) is 55.6 Å². The number of nitrogens with one attached hydrogen (secondary N) is 1. The van der Waals surface area contributed by atoms with Crippen LogP contribution in [0.15, 0.2) is 48.5 Å². The molecule has 24 heavy (non-hydrogen) atoms. The highest BCUT2D eigenvalue weighted by atomic mass is 16.5. The molecule has 0 saturated carbocycles. The molecule has 0 radical (unpaired) electrons. The third-order valence-corrected chi connectivity index (χ3v) is 4.72. The maximum absolute atomic E-state index is 5.19. The first-order valence-corrected chi connectivity index (χ1v) is 9.03. The third kappa shape index (κ3) is 4.75. The first kappa shape index (κ1) is 16.8. The van der Waals surface area contributed by atoms with Gasteiger partial charge in [-0.3, -0.25) is 0 Å². The van der Waals surface area contributed by atoms with Crippen molar-refractivity contribution in [1.82, 2.24) is 5.32 Å². The van der Waals surface area contributed by atoms with Gasteiger partial charge in [0.15, 0.2) is 0 Å². The van der Waals surface area contributed by atoms with Gasteiger partial charge in [0.05, 0.1) is 7.11 Å². The van der Waals surface area contributed by atoms with Crippen LogP contribution in [0.25, 0.3) is 0 Å². The Hall–Kier alpha value is -2.00. The Bertz CT molecular complexity index is 599. The van der Waals surface area contributed by atoms with E-state index >= 15 is 0 Å². The van der Waals surface area contributed by atoms with Crippen LogP contribution in [-0.4, -0.2) is 20.2 Å². The SMILES string of the molecule is COc1ccc(CNCc2ccc(N3CCCCCC3)cc2)cc1. The largest absolute Gasteiger partial charge is 0.497 e. The van der Waals surface area contributed by atoms with E-state index < -0.39 is 0 Å². The Morgan fingerprint density at radius 3 is 1.88 bits per heavy atom. The summed E-state index contributed by atoms with van der Waals surface area (Å²) in [5.41, 5.74) is 3.98. The Kier molecular flexibility index (Phi) is 6.13. The summed E-state index contributed by atoms with van der Waals surface area (Å²) in [4.78, 5) is 2.53. The van der Waals surface area contributed by atoms with Crippen molar-refractivity contribution in [3.8, 4) is 5.75 Å². The molecule has 2 aromatic carbocycles. The van der Waals surface area contributed by atoms with E-state index in [0.29, 0.717) is 0 Å². The number of ether oxygens (including phenoxy) is 1. The standard InChI is InChI=1S/C21H28N2O/c1-24-21-12-8-19(9-13-21)17-22-16-18-6-10-20(11-7-18)23-14-4-2-3-5-15-23/h6-13,22H,2-5,14-17H2,1H3. The van der Waals surface area contributed by atoms with Gasteiger partial charge in [0.2, 0.25) is 0 Å². The molecule has 1 saturated heterocycles. The summed E-state index contributed by atoms with van der Waals surface area (Å²) < 4.78 is 5.19. The van der Waals surface area contributed by atoms with E-state index in [2.05, 4.69) is 46.6 Å². The topological polar surface area (TPSA) is 24.5 Å². The predicted octanol–water partition coefficient (Wildman–Crippen LogP) is 4.37. The minimum atomic E-state index is 0.873. The van der Waals surface area contributed by atoms with Crippen LogP contribution in [0.4, 0.5) is 5.69 Å². The lowest BCUT2D eigenvalue weighted by Gasteiger charge is -2.22. The monoisotopic (exact) mass is 324 g/mol. The van der Waals surface area contributed by atoms with Crippen LogP contribution in [0.2, 0.25) is 0 Å². The molecule has 0 atom stereocenters. The van der Waals surface area contributed by atoms with Gasteiger partial charge in [0, 0.05) is 31.9 Å². The second-order valence-electron chi connectivity index (χ2n) is 6.52. The normalized spacial score (nSPS) is 15.1. The molecule has 1 heterocycles. The lowest BCUT2D eigenvalue weighted by molar-refractivity contribution is 0.414. The average molecular weight is 324 g/mol. The van der Waals surface area contributed by atoms with E-state index in [4.69, 9.17) is 4.74 Å². The summed E-state index contributed by atoms with van der Waals surface area (Å²) >= 11 is 0. The lowest BCUT2D eigenvalue weighted by atomic mass is 10.1. The number of nitrogens with zero attached hydrogens (tertiary/aromatic N) is 1. The van der Waals surface area contributed by atoms with Crippen molar-refractivity contribution < 1.29 is 4.74 Å². The molecule has 1 fully saturated rings. The van der Waals surface area contributed by atoms with Gasteiger partial charge in [-0.1, -0.05) is 37.1 Å². The fraction of sp³-hybridized carbons (Fsp3) is 0.429. The maximum Gasteiger partial charge on any atom is 0.118 e. The molecule has 0 amide bonds. The van der Waals surface area contributed by atoms with Gasteiger partial charge >= 0.3 is 0 Å². The molecular formula is C21H28N2O. The Balaban J connectivity index is 1.48. The van der Waals surface area contributed by atoms with Gasteiger partial charge in [0.25, 0.3) is 0 Å². The van der Waals surface area contributed by atoms with Crippen molar-refractivity contribution in [3.05, 3.63) is 59.7 Å². The van der Waals surface area contributed by atoms with Gasteiger partial charge in [0.1, 0.15) is 5.75 Å². The molecule has 0 unspecified atom stereocenters. The van der Waals surface area contributed by atoms with Crippen LogP contribution in [0.3, 0.4) is 0 Å². The molecule has 3 rings (SSSR count). The molecule has 1 N–H and O–H groups in total. The van der Waals surface area contributed by atoms with Crippen LogP contribution in [-0.2, 0) is 13.1 Å². The fourth-order valence-electron chi connectivity index (χ4n) is 3.25. The van der Waals surface area contributed by atoms with Gasteiger partial charge in [-0.25, -0.2) is 0 Å². The van der Waals surface area contributed by atoms with Crippen LogP contribution >= 0.6 is 0 Å². The highest BCUT2D eigenvalue weighted by Gasteiger charge is 2.09. The molecule has 1 aliphatic heterocycles. The molecule has 0 aromatic heterocycles. The first-order valence-electron chi connectivity index (χ1n) is 9.03. The summed E-state index contributed by atoms with van der Waals surface area (Å²) in [5.74, 6) is 0.905. The highest BCUT2D eigenvalue weighted by molar-refractivity contribution is 5.47. The zero-order chi connectivity index (χ0) is 16.6. The van der Waals surface area contributed by atoms with E-state index in [9.17, 15) is 0 Å². The van der Waals surface area contributed by atoms with E-state index in [1.807, 2.05) is 12.1 Å². The number of benzene rings is 2. The molecule has 0 spiro atoms. The summed E-state index contributed by atoms with van der Waals surface area (Å²) in [6, 6.07) is 17.3. The fourth-order valence-corrected chi connectivity index (χ4v) is 3.25. The molecule has 0 aliphatic carbocycles. The lowest BCUT2D eigenvalue weighted by Crippen LogP contribution is -2.23. The average Bonchev–Trinajstić information content (AvgIpc) is 2.92. The van der Waals surface area contributed by atoms with Crippen LogP contribution in [0.5, 0.6) is 5.75 Å². The summed E-state index contributed by atoms with van der Waals surface area (Å²) in [5, 5.41) is 3.51. The number of hydrogen-bond acceptors (Lipinski definition) is 3. The van der Waals surface area contributed by atoms with Crippen LogP contribution in [0.1, 0.15) is 36.8 Å². The quantitative estimate of drug-likeness (QED) is 0.854. The second-order valence-corrected chi connectivity index (χ2v) is 6.52. The minimum Gasteiger partial charge on any atom is -0.497 e. The van der Waals surface area contributed by atoms with Crippen molar-refractivity contribution in [1.29, 1.82) is 0 Å². The third-order valence-electron chi connectivity index (χ3n) is 4.72. The number of rotatable bonds is 6. The zero-order valence-electron chi connectivity index (χ0n) is 14.6. The van der Waals surface area contributed by atoms with Crippen molar-refractivity contribution in [2.45, 2.75) is 38.8 Å². The molecule has 128 valence electrons. The smallest absolute Gasteiger partial charge is 0.118 e. The molecule has 1 aliphatic rings. The summed E-state index contributed by atoms with van der Waals surface area (Å²) in [7, 11) is 1.70. The molecule has 2 aromatic rings. The minimum absolute atomic E-state index is 0.873. The summed E-state index contributed by atoms with van der Waals surface area (Å²) in [6.07, 6.45) is 5.41. The molecule has 3 nitrogen and oxygen atoms in total. The highest BCUT2D eigenvalue weighted by Crippen LogP contribution is 2.20. The van der Waals surface area contributed by atoms with Crippen molar-refractivity contribution in [2.24, 2.45) is 0 Å². The van der Waals surface area contributed by atoms with Gasteiger partial charge < -0.3 is 15.0 Å². The molecule has 3 heteroatoms. The van der Waals surface area contributed by atoms with Crippen LogP contribution in [0, 0.1) is 0 Å². The number of methoxy groups -OCH3 is 1. The molecule has 0 bridgehead atoms. The van der Waals surface area contributed by atoms with Crippen molar-refractivity contribution in [2.75, 3.05) is 25.1 Å². The molecular weight excluding hydrogens is 296 g/mol. The van der Waals surface area contributed by atoms with E-state index in [0.717, 1.165) is 18.8 Å². The summed E-state index contributed by atoms with van der Waals surface area (Å²) in [6.45, 7) is 4.17. The van der Waals surface area contributed by atoms with Gasteiger partial charge in [-0.2, -0.15) is 0 Å². The second kappa shape index (κ2) is 8.74. The van der Waals surface area contributed by atoms with E-state index in [1.54, 1.807) is 7.11 Å². The van der Waals surface area contributed by atoms with Gasteiger partial charge in [-0.05, 0) is 48.2 Å². The first-order chi connectivity index (χ1) is 11.8. The zero-order valence-corrected chi connectivity index (χ0v) is 14.6. The Labute approximate surface area is 145 Å². The predicted molar refractivity (Wildman–Crippen MR) is 101 cm³/mol. The van der Waals surface area contributed by atoms with Crippen molar-refractivity contribution in [3.63, 3.8) is 0 Å².